The summed E-state index contributed by atoms with van der Waals surface area (Å²) in [5.41, 5.74) is 16.3. The van der Waals surface area contributed by atoms with E-state index < -0.39 is 23.9 Å². The molecule has 0 radical (unpaired) electrons. The van der Waals surface area contributed by atoms with Crippen molar-refractivity contribution >= 4 is 72.7 Å². The molecule has 2 aliphatic rings. The van der Waals surface area contributed by atoms with E-state index in [1.54, 1.807) is 43.2 Å². The second-order valence-corrected chi connectivity index (χ2v) is 14.3. The van der Waals surface area contributed by atoms with E-state index >= 15 is 0 Å². The number of carbonyl (C=O) groups excluding carboxylic acids is 5. The zero-order chi connectivity index (χ0) is 27.9. The number of nitrogens with zero attached hydrogens (tertiary/aromatic N) is 1. The number of primary amides is 2. The average Bonchev–Trinajstić information content (AvgIpc) is 3.78. The van der Waals surface area contributed by atoms with Crippen LogP contribution in [-0.4, -0.2) is 88.7 Å². The van der Waals surface area contributed by atoms with Crippen molar-refractivity contribution in [1.82, 2.24) is 26.2 Å². The van der Waals surface area contributed by atoms with Crippen LogP contribution in [0.1, 0.15) is 44.9 Å². The highest BCUT2D eigenvalue weighted by Gasteiger charge is 2.30. The van der Waals surface area contributed by atoms with Crippen molar-refractivity contribution in [3.63, 3.8) is 0 Å². The molecule has 0 aromatic heterocycles. The largest absolute Gasteiger partial charge is 0.368 e. The fraction of sp³-hybridized carbons (Fsp3) is 0.762. The first-order valence-corrected chi connectivity index (χ1v) is 17.0. The monoisotopic (exact) mass is 610 g/mol. The summed E-state index contributed by atoms with van der Waals surface area (Å²) in [6, 6.07) is -0.799. The number of hydrogen-bond acceptors (Lipinski definition) is 12. The van der Waals surface area contributed by atoms with E-state index in [4.69, 9.17) is 17.2 Å². The molecule has 0 saturated carbocycles. The van der Waals surface area contributed by atoms with Gasteiger partial charge in [0.25, 0.3) is 0 Å². The van der Waals surface area contributed by atoms with Crippen molar-refractivity contribution in [3.8, 4) is 0 Å². The molecular formula is C21H38N8O5S4. The first-order valence-electron chi connectivity index (χ1n) is 12.5. The molecule has 5 amide bonds. The molecule has 2 rings (SSSR count). The Kier molecular flexibility index (Phi) is 15.6. The predicted octanol–water partition coefficient (Wildman–Crippen LogP) is -1.02. The van der Waals surface area contributed by atoms with E-state index in [0.717, 1.165) is 0 Å². The van der Waals surface area contributed by atoms with E-state index in [-0.39, 0.29) is 53.2 Å². The van der Waals surface area contributed by atoms with Gasteiger partial charge in [0.05, 0.1) is 12.1 Å². The molecule has 0 aliphatic carbocycles. The number of rotatable bonds is 22. The molecule has 17 heteroatoms. The van der Waals surface area contributed by atoms with Gasteiger partial charge in [0.2, 0.25) is 29.5 Å². The van der Waals surface area contributed by atoms with E-state index in [0.29, 0.717) is 51.6 Å². The number of amides is 5. The van der Waals surface area contributed by atoms with Crippen LogP contribution in [0.15, 0.2) is 0 Å². The second-order valence-electron chi connectivity index (χ2n) is 8.77. The van der Waals surface area contributed by atoms with Gasteiger partial charge in [-0.05, 0) is 38.5 Å². The van der Waals surface area contributed by atoms with Crippen molar-refractivity contribution in [2.75, 3.05) is 32.7 Å². The molecule has 2 atom stereocenters. The van der Waals surface area contributed by atoms with Crippen LogP contribution < -0.4 is 38.5 Å². The molecule has 2 unspecified atom stereocenters. The van der Waals surface area contributed by atoms with Crippen LogP contribution in [0.4, 0.5) is 0 Å². The van der Waals surface area contributed by atoms with Gasteiger partial charge in [-0.1, -0.05) is 43.2 Å². The van der Waals surface area contributed by atoms with E-state index in [1.165, 1.54) is 4.90 Å². The number of unbranched alkanes of at least 4 members (excludes halogenated alkanes) is 2. The number of nitrogens with one attached hydrogen (secondary N) is 4. The molecule has 2 fully saturated rings. The summed E-state index contributed by atoms with van der Waals surface area (Å²) < 4.78 is 0.423. The summed E-state index contributed by atoms with van der Waals surface area (Å²) in [6.07, 6.45) is 3.84. The molecule has 10 N–H and O–H groups in total. The van der Waals surface area contributed by atoms with Gasteiger partial charge in [-0.2, -0.15) is 0 Å². The molecule has 38 heavy (non-hydrogen) atoms. The van der Waals surface area contributed by atoms with Crippen molar-refractivity contribution < 1.29 is 24.0 Å². The number of nitrogens with two attached hydrogens (primary N) is 3. The molecule has 0 spiro atoms. The van der Waals surface area contributed by atoms with Gasteiger partial charge in [-0.15, -0.1) is 0 Å². The molecule has 0 aromatic rings. The lowest BCUT2D eigenvalue weighted by molar-refractivity contribution is -0.139. The lowest BCUT2D eigenvalue weighted by Gasteiger charge is -2.22. The van der Waals surface area contributed by atoms with Gasteiger partial charge < -0.3 is 32.7 Å². The summed E-state index contributed by atoms with van der Waals surface area (Å²) in [4.78, 5) is 61.4. The topological polar surface area (TPSA) is 215 Å². The zero-order valence-corrected chi connectivity index (χ0v) is 24.4. The van der Waals surface area contributed by atoms with Crippen LogP contribution in [-0.2, 0) is 24.0 Å². The van der Waals surface area contributed by atoms with E-state index in [1.807, 2.05) is 0 Å². The highest BCUT2D eigenvalue weighted by molar-refractivity contribution is 8.93. The quantitative estimate of drug-likeness (QED) is 0.0446. The molecule has 13 nitrogen and oxygen atoms in total. The summed E-state index contributed by atoms with van der Waals surface area (Å²) in [7, 11) is 6.57. The van der Waals surface area contributed by atoms with Crippen molar-refractivity contribution in [2.24, 2.45) is 17.2 Å². The lowest BCUT2D eigenvalue weighted by Crippen LogP contribution is -2.46. The normalized spacial score (nSPS) is 16.3. The standard InChI is InChI=1S/C21H38N8O5S4/c22-8-7-17(32)29(11-15(30)25-9-3-1-5-13(18(23)33)27-20-35-36-20)12-16(31)26-10-4-2-6-14(19(24)34)28-21-37-38-21/h13-14,20-21,27-28H,1-12,22H2,(H2,23,33)(H2,24,34)(H,25,30)(H,26,31). The maximum absolute atomic E-state index is 12.4. The Morgan fingerprint density at radius 1 is 0.711 bits per heavy atom. The Balaban J connectivity index is 1.64. The van der Waals surface area contributed by atoms with E-state index in [9.17, 15) is 24.0 Å². The Morgan fingerprint density at radius 3 is 1.47 bits per heavy atom. The van der Waals surface area contributed by atoms with Gasteiger partial charge >= 0.3 is 0 Å². The maximum atomic E-state index is 12.4. The third kappa shape index (κ3) is 14.7. The van der Waals surface area contributed by atoms with Crippen LogP contribution in [0, 0.1) is 0 Å². The fourth-order valence-corrected chi connectivity index (χ4v) is 5.48. The Labute approximate surface area is 238 Å². The van der Waals surface area contributed by atoms with Crippen LogP contribution in [0.25, 0.3) is 0 Å². The van der Waals surface area contributed by atoms with Crippen LogP contribution in [0.5, 0.6) is 0 Å². The van der Waals surface area contributed by atoms with Crippen molar-refractivity contribution in [2.45, 2.75) is 66.4 Å². The minimum absolute atomic E-state index is 0.0265. The van der Waals surface area contributed by atoms with Gasteiger partial charge in [0.15, 0.2) is 0 Å². The summed E-state index contributed by atoms with van der Waals surface area (Å²) in [6.45, 7) is 0.357. The SMILES string of the molecule is NCCC(=O)N(CC(=O)NCCCCC(NC1SS1)C(N)=O)CC(=O)NCCCCC(NC1SS1)C(N)=O. The first-order chi connectivity index (χ1) is 18.2. The van der Waals surface area contributed by atoms with Crippen LogP contribution in [0.2, 0.25) is 0 Å². The third-order valence-corrected chi connectivity index (χ3v) is 9.23. The molecule has 216 valence electrons. The van der Waals surface area contributed by atoms with Crippen LogP contribution >= 0.6 is 43.2 Å². The maximum Gasteiger partial charge on any atom is 0.239 e. The molecule has 2 saturated heterocycles. The molecule has 2 heterocycles. The van der Waals surface area contributed by atoms with Gasteiger partial charge in [-0.3, -0.25) is 34.6 Å². The molecule has 0 bridgehead atoms. The highest BCUT2D eigenvalue weighted by Crippen LogP contribution is 2.51. The average molecular weight is 611 g/mol. The van der Waals surface area contributed by atoms with Gasteiger partial charge in [-0.25, -0.2) is 0 Å². The smallest absolute Gasteiger partial charge is 0.239 e. The number of hydrogen-bond donors (Lipinski definition) is 7. The summed E-state index contributed by atoms with van der Waals surface area (Å²) >= 11 is 0. The summed E-state index contributed by atoms with van der Waals surface area (Å²) in [5, 5.41) is 11.8. The zero-order valence-electron chi connectivity index (χ0n) is 21.1. The Morgan fingerprint density at radius 2 is 1.13 bits per heavy atom. The van der Waals surface area contributed by atoms with Gasteiger partial charge in [0.1, 0.15) is 22.5 Å². The first kappa shape index (κ1) is 32.8. The van der Waals surface area contributed by atoms with Gasteiger partial charge in [0, 0.05) is 26.1 Å². The lowest BCUT2D eigenvalue weighted by atomic mass is 10.1. The second kappa shape index (κ2) is 18.1. The van der Waals surface area contributed by atoms with Crippen molar-refractivity contribution in [1.29, 1.82) is 0 Å². The van der Waals surface area contributed by atoms with Crippen LogP contribution in [0.3, 0.4) is 0 Å². The number of carbonyl (C=O) groups is 5. The molecule has 2 aliphatic heterocycles. The minimum Gasteiger partial charge on any atom is -0.368 e. The summed E-state index contributed by atoms with van der Waals surface area (Å²) in [5.74, 6) is -1.93. The fourth-order valence-electron chi connectivity index (χ4n) is 3.49. The Bertz CT molecular complexity index is 762. The Hall–Kier alpha value is -1.37. The molecular weight excluding hydrogens is 573 g/mol. The van der Waals surface area contributed by atoms with E-state index in [2.05, 4.69) is 21.3 Å². The third-order valence-electron chi connectivity index (χ3n) is 5.61. The highest BCUT2D eigenvalue weighted by atomic mass is 33.2. The minimum atomic E-state index is -0.400. The predicted molar refractivity (Wildman–Crippen MR) is 154 cm³/mol. The molecule has 0 aromatic carbocycles. The van der Waals surface area contributed by atoms with Crippen molar-refractivity contribution in [3.05, 3.63) is 0 Å².